The van der Waals surface area contributed by atoms with Gasteiger partial charge in [0.2, 0.25) is 0 Å². The summed E-state index contributed by atoms with van der Waals surface area (Å²) in [6.45, 7) is 0.0557. The van der Waals surface area contributed by atoms with E-state index in [0.29, 0.717) is 5.69 Å². The summed E-state index contributed by atoms with van der Waals surface area (Å²) in [6, 6.07) is 23.9. The van der Waals surface area contributed by atoms with Crippen molar-refractivity contribution in [3.8, 4) is 12.1 Å². The van der Waals surface area contributed by atoms with Crippen LogP contribution in [-0.2, 0) is 6.54 Å². The molecule has 0 radical (unpaired) electrons. The molecular formula is C18H13N5. The molecule has 0 atom stereocenters. The van der Waals surface area contributed by atoms with E-state index in [-0.39, 0.29) is 18.2 Å². The second-order valence-electron chi connectivity index (χ2n) is 5.01. The topological polar surface area (TPSA) is 78.3 Å². The third-order valence-electron chi connectivity index (χ3n) is 3.64. The molecule has 23 heavy (non-hydrogen) atoms. The fraction of sp³-hybridized carbons (Fsp3) is 0.111. The van der Waals surface area contributed by atoms with Crippen LogP contribution in [0.2, 0.25) is 0 Å². The zero-order chi connectivity index (χ0) is 16.1. The Morgan fingerprint density at radius 2 is 1.48 bits per heavy atom. The van der Waals surface area contributed by atoms with Crippen LogP contribution in [0.4, 0.5) is 0 Å². The van der Waals surface area contributed by atoms with Crippen molar-refractivity contribution in [3.05, 3.63) is 83.2 Å². The Morgan fingerprint density at radius 1 is 0.913 bits per heavy atom. The number of nitriles is 2. The summed E-state index contributed by atoms with van der Waals surface area (Å²) >= 11 is 0. The summed E-state index contributed by atoms with van der Waals surface area (Å²) in [5.74, 6) is -0.199. The van der Waals surface area contributed by atoms with Crippen LogP contribution in [0.3, 0.4) is 0 Å². The molecule has 0 unspecified atom stereocenters. The minimum absolute atomic E-state index is 0.0557. The van der Waals surface area contributed by atoms with Crippen molar-refractivity contribution >= 4 is 0 Å². The van der Waals surface area contributed by atoms with Crippen LogP contribution in [0.25, 0.3) is 0 Å². The lowest BCUT2D eigenvalue weighted by Crippen LogP contribution is -2.12. The predicted octanol–water partition coefficient (Wildman–Crippen LogP) is 2.85. The van der Waals surface area contributed by atoms with Crippen molar-refractivity contribution in [3.63, 3.8) is 0 Å². The van der Waals surface area contributed by atoms with Crippen LogP contribution in [-0.4, -0.2) is 15.0 Å². The molecule has 0 aliphatic rings. The molecule has 0 saturated heterocycles. The maximum absolute atomic E-state index is 9.39. The normalized spacial score (nSPS) is 10.2. The summed E-state index contributed by atoms with van der Waals surface area (Å²) in [5, 5.41) is 26.3. The Labute approximate surface area is 134 Å². The van der Waals surface area contributed by atoms with Gasteiger partial charge < -0.3 is 0 Å². The molecule has 0 aliphatic carbocycles. The number of rotatable bonds is 4. The van der Waals surface area contributed by atoms with Gasteiger partial charge in [-0.25, -0.2) is 4.68 Å². The minimum atomic E-state index is -0.199. The Hall–Kier alpha value is -3.44. The van der Waals surface area contributed by atoms with E-state index in [0.717, 1.165) is 11.1 Å². The standard InChI is InChI=1S/C18H13N5/c19-11-12-23-18(16(13-20)21-22-23)17(14-7-3-1-4-8-14)15-9-5-2-6-10-15/h1-10,17H,12H2. The third kappa shape index (κ3) is 2.81. The molecule has 3 aromatic rings. The van der Waals surface area contributed by atoms with E-state index < -0.39 is 0 Å². The number of aromatic nitrogens is 3. The summed E-state index contributed by atoms with van der Waals surface area (Å²) < 4.78 is 1.50. The van der Waals surface area contributed by atoms with Gasteiger partial charge in [-0.15, -0.1) is 5.10 Å². The second kappa shape index (κ2) is 6.55. The summed E-state index contributed by atoms with van der Waals surface area (Å²) in [6.07, 6.45) is 0. The zero-order valence-corrected chi connectivity index (χ0v) is 12.3. The largest absolute Gasteiger partial charge is 0.233 e. The van der Waals surface area contributed by atoms with Crippen molar-refractivity contribution in [1.82, 2.24) is 15.0 Å². The lowest BCUT2D eigenvalue weighted by molar-refractivity contribution is 0.628. The SMILES string of the molecule is N#CCn1nnc(C#N)c1C(c1ccccc1)c1ccccc1. The van der Waals surface area contributed by atoms with Gasteiger partial charge in [0, 0.05) is 0 Å². The molecule has 0 aliphatic heterocycles. The third-order valence-corrected chi connectivity index (χ3v) is 3.64. The molecule has 1 aromatic heterocycles. The summed E-state index contributed by atoms with van der Waals surface area (Å²) in [5.41, 5.74) is 2.94. The van der Waals surface area contributed by atoms with Crippen LogP contribution in [0, 0.1) is 22.7 Å². The highest BCUT2D eigenvalue weighted by molar-refractivity contribution is 5.44. The molecule has 0 amide bonds. The first-order chi connectivity index (χ1) is 11.3. The Kier molecular flexibility index (Phi) is 4.13. The monoisotopic (exact) mass is 299 g/mol. The predicted molar refractivity (Wildman–Crippen MR) is 84.2 cm³/mol. The number of nitrogens with zero attached hydrogens (tertiary/aromatic N) is 5. The minimum Gasteiger partial charge on any atom is -0.233 e. The Morgan fingerprint density at radius 3 is 1.96 bits per heavy atom. The van der Waals surface area contributed by atoms with Crippen LogP contribution in [0.5, 0.6) is 0 Å². The average molecular weight is 299 g/mol. The van der Waals surface area contributed by atoms with Crippen molar-refractivity contribution in [2.45, 2.75) is 12.5 Å². The number of hydrogen-bond acceptors (Lipinski definition) is 4. The lowest BCUT2D eigenvalue weighted by atomic mass is 9.87. The van der Waals surface area contributed by atoms with Gasteiger partial charge in [-0.3, -0.25) is 0 Å². The maximum Gasteiger partial charge on any atom is 0.186 e. The van der Waals surface area contributed by atoms with Crippen molar-refractivity contribution in [2.24, 2.45) is 0 Å². The fourth-order valence-electron chi connectivity index (χ4n) is 2.67. The molecule has 2 aromatic carbocycles. The molecule has 5 nitrogen and oxygen atoms in total. The average Bonchev–Trinajstić information content (AvgIpc) is 3.00. The second-order valence-corrected chi connectivity index (χ2v) is 5.01. The van der Waals surface area contributed by atoms with E-state index in [1.165, 1.54) is 4.68 Å². The van der Waals surface area contributed by atoms with Crippen molar-refractivity contribution in [2.75, 3.05) is 0 Å². The molecular weight excluding hydrogens is 286 g/mol. The number of hydrogen-bond donors (Lipinski definition) is 0. The number of benzene rings is 2. The zero-order valence-electron chi connectivity index (χ0n) is 12.3. The van der Waals surface area contributed by atoms with Gasteiger partial charge in [0.25, 0.3) is 0 Å². The smallest absolute Gasteiger partial charge is 0.186 e. The van der Waals surface area contributed by atoms with E-state index >= 15 is 0 Å². The van der Waals surface area contributed by atoms with E-state index in [1.807, 2.05) is 60.7 Å². The first-order valence-electron chi connectivity index (χ1n) is 7.15. The van der Waals surface area contributed by atoms with Gasteiger partial charge >= 0.3 is 0 Å². The molecule has 0 fully saturated rings. The van der Waals surface area contributed by atoms with Crippen LogP contribution < -0.4 is 0 Å². The van der Waals surface area contributed by atoms with Crippen molar-refractivity contribution in [1.29, 1.82) is 10.5 Å². The van der Waals surface area contributed by atoms with Crippen LogP contribution in [0.15, 0.2) is 60.7 Å². The Bertz CT molecular complexity index is 830. The van der Waals surface area contributed by atoms with E-state index in [1.54, 1.807) is 0 Å². The quantitative estimate of drug-likeness (QED) is 0.742. The molecule has 0 N–H and O–H groups in total. The first-order valence-corrected chi connectivity index (χ1v) is 7.15. The summed E-state index contributed by atoms with van der Waals surface area (Å²) in [4.78, 5) is 0. The van der Waals surface area contributed by atoms with Crippen LogP contribution in [0.1, 0.15) is 28.4 Å². The van der Waals surface area contributed by atoms with Gasteiger partial charge in [0.15, 0.2) is 5.69 Å². The van der Waals surface area contributed by atoms with Crippen molar-refractivity contribution < 1.29 is 0 Å². The van der Waals surface area contributed by atoms with E-state index in [2.05, 4.69) is 22.5 Å². The molecule has 0 saturated carbocycles. The van der Waals surface area contributed by atoms with Gasteiger partial charge in [-0.1, -0.05) is 65.9 Å². The highest BCUT2D eigenvalue weighted by atomic mass is 15.4. The molecule has 0 bridgehead atoms. The highest BCUT2D eigenvalue weighted by Crippen LogP contribution is 2.32. The first kappa shape index (κ1) is 14.5. The summed E-state index contributed by atoms with van der Waals surface area (Å²) in [7, 11) is 0. The molecule has 0 spiro atoms. The van der Waals surface area contributed by atoms with Gasteiger partial charge in [-0.05, 0) is 11.1 Å². The molecule has 110 valence electrons. The van der Waals surface area contributed by atoms with E-state index in [9.17, 15) is 5.26 Å². The maximum atomic E-state index is 9.39. The lowest BCUT2D eigenvalue weighted by Gasteiger charge is -2.18. The van der Waals surface area contributed by atoms with Crippen LogP contribution >= 0.6 is 0 Å². The van der Waals surface area contributed by atoms with Gasteiger partial charge in [0.1, 0.15) is 12.6 Å². The van der Waals surface area contributed by atoms with Gasteiger partial charge in [0.05, 0.1) is 17.7 Å². The molecule has 5 heteroatoms. The highest BCUT2D eigenvalue weighted by Gasteiger charge is 2.25. The van der Waals surface area contributed by atoms with E-state index in [4.69, 9.17) is 5.26 Å². The molecule has 1 heterocycles. The fourth-order valence-corrected chi connectivity index (χ4v) is 2.67. The molecule has 3 rings (SSSR count). The Balaban J connectivity index is 2.24. The van der Waals surface area contributed by atoms with Gasteiger partial charge in [-0.2, -0.15) is 10.5 Å².